The molecule has 2 rings (SSSR count). The Labute approximate surface area is 154 Å². The molecule has 0 spiro atoms. The summed E-state index contributed by atoms with van der Waals surface area (Å²) in [7, 11) is 0. The number of aliphatic hydroxyl groups is 1. The minimum atomic E-state index is -2.22. The van der Waals surface area contributed by atoms with Crippen molar-refractivity contribution in [2.75, 3.05) is 6.61 Å². The van der Waals surface area contributed by atoms with Gasteiger partial charge in [-0.15, -0.1) is 0 Å². The molecule has 1 nitrogen and oxygen atoms in total. The standard InChI is InChI=1S/C10H11O.3C4H9.Sn/c11-7-9-6-10(9)8-4-2-1-3-5-8;3*1-3-4-2;/h1-6,9-11H,7H2;3*1,3-4H2,2H3;/t9-,10+;;;;/m0..../s1. The van der Waals surface area contributed by atoms with E-state index in [4.69, 9.17) is 0 Å². The van der Waals surface area contributed by atoms with Crippen LogP contribution in [0.4, 0.5) is 0 Å². The van der Waals surface area contributed by atoms with Gasteiger partial charge in [-0.25, -0.2) is 0 Å². The summed E-state index contributed by atoms with van der Waals surface area (Å²) in [6.07, 6.45) is 8.30. The van der Waals surface area contributed by atoms with E-state index in [2.05, 4.69) is 51.1 Å². The Kier molecular flexibility index (Phi) is 8.63. The number of aliphatic hydroxyl groups excluding tert-OH is 1. The second kappa shape index (κ2) is 10.2. The second-order valence-electron chi connectivity index (χ2n) is 7.98. The van der Waals surface area contributed by atoms with Crippen molar-refractivity contribution in [2.45, 2.75) is 82.5 Å². The van der Waals surface area contributed by atoms with Crippen LogP contribution in [0.15, 0.2) is 30.3 Å². The van der Waals surface area contributed by atoms with Gasteiger partial charge < -0.3 is 0 Å². The Bertz CT molecular complexity index is 437. The van der Waals surface area contributed by atoms with E-state index < -0.39 is 18.4 Å². The summed E-state index contributed by atoms with van der Waals surface area (Å²) in [5.41, 5.74) is 1.51. The first-order chi connectivity index (χ1) is 11.7. The van der Waals surface area contributed by atoms with Crippen LogP contribution in [0.25, 0.3) is 0 Å². The summed E-state index contributed by atoms with van der Waals surface area (Å²) >= 11 is -2.22. The van der Waals surface area contributed by atoms with Gasteiger partial charge in [0.15, 0.2) is 0 Å². The molecule has 0 aromatic heterocycles. The van der Waals surface area contributed by atoms with E-state index in [1.807, 2.05) is 0 Å². The molecular formula is C22H38OSn. The van der Waals surface area contributed by atoms with E-state index in [0.717, 1.165) is 3.93 Å². The van der Waals surface area contributed by atoms with Crippen molar-refractivity contribution in [3.05, 3.63) is 35.9 Å². The molecular weight excluding hydrogens is 399 g/mol. The summed E-state index contributed by atoms with van der Waals surface area (Å²) in [5, 5.41) is 10.1. The molecule has 1 N–H and O–H groups in total. The molecule has 1 aliphatic rings. The molecule has 0 aliphatic heterocycles. The molecule has 1 fully saturated rings. The van der Waals surface area contributed by atoms with Gasteiger partial charge in [0, 0.05) is 0 Å². The third kappa shape index (κ3) is 4.78. The van der Waals surface area contributed by atoms with Gasteiger partial charge in [0.25, 0.3) is 0 Å². The molecule has 1 saturated carbocycles. The molecule has 0 unspecified atom stereocenters. The molecule has 1 aliphatic carbocycles. The predicted octanol–water partition coefficient (Wildman–Crippen LogP) is 6.61. The summed E-state index contributed by atoms with van der Waals surface area (Å²) in [4.78, 5) is 0. The van der Waals surface area contributed by atoms with Crippen LogP contribution in [0.1, 0.15) is 70.8 Å². The summed E-state index contributed by atoms with van der Waals surface area (Å²) in [5.74, 6) is 1.26. The van der Waals surface area contributed by atoms with Crippen molar-refractivity contribution in [1.82, 2.24) is 0 Å². The SMILES string of the molecule is CCC[CH2][Sn]([CH2]CCC)([CH2]CCC)[C@@H]1[C@@H](CO)[C@H]1c1ccccc1. The number of hydrogen-bond acceptors (Lipinski definition) is 1. The molecule has 2 heteroatoms. The molecule has 3 atom stereocenters. The summed E-state index contributed by atoms with van der Waals surface area (Å²) in [6.45, 7) is 7.46. The van der Waals surface area contributed by atoms with Gasteiger partial charge in [0.05, 0.1) is 0 Å². The zero-order valence-corrected chi connectivity index (χ0v) is 19.0. The van der Waals surface area contributed by atoms with E-state index >= 15 is 0 Å². The van der Waals surface area contributed by atoms with E-state index in [1.165, 1.54) is 44.1 Å². The number of rotatable bonds is 12. The maximum absolute atomic E-state index is 10.1. The van der Waals surface area contributed by atoms with Gasteiger partial charge in [-0.05, 0) is 0 Å². The van der Waals surface area contributed by atoms with Crippen LogP contribution < -0.4 is 0 Å². The van der Waals surface area contributed by atoms with Gasteiger partial charge in [-0.1, -0.05) is 0 Å². The van der Waals surface area contributed by atoms with Crippen molar-refractivity contribution in [3.63, 3.8) is 0 Å². The van der Waals surface area contributed by atoms with Crippen molar-refractivity contribution in [2.24, 2.45) is 5.92 Å². The fourth-order valence-electron chi connectivity index (χ4n) is 5.03. The van der Waals surface area contributed by atoms with Gasteiger partial charge in [0.1, 0.15) is 0 Å². The van der Waals surface area contributed by atoms with Gasteiger partial charge in [0.2, 0.25) is 0 Å². The monoisotopic (exact) mass is 438 g/mol. The fourth-order valence-corrected chi connectivity index (χ4v) is 25.7. The summed E-state index contributed by atoms with van der Waals surface area (Å²) in [6, 6.07) is 11.1. The molecule has 1 aromatic carbocycles. The van der Waals surface area contributed by atoms with Crippen LogP contribution in [-0.2, 0) is 0 Å². The van der Waals surface area contributed by atoms with Gasteiger partial charge in [-0.3, -0.25) is 0 Å². The van der Waals surface area contributed by atoms with Crippen LogP contribution >= 0.6 is 0 Å². The van der Waals surface area contributed by atoms with Crippen LogP contribution in [0, 0.1) is 5.92 Å². The molecule has 0 saturated heterocycles. The van der Waals surface area contributed by atoms with Gasteiger partial charge in [-0.2, -0.15) is 0 Å². The van der Waals surface area contributed by atoms with Crippen LogP contribution in [0.5, 0.6) is 0 Å². The Morgan fingerprint density at radius 3 is 1.75 bits per heavy atom. The predicted molar refractivity (Wildman–Crippen MR) is 108 cm³/mol. The van der Waals surface area contributed by atoms with Crippen molar-refractivity contribution < 1.29 is 5.11 Å². The average molecular weight is 437 g/mol. The van der Waals surface area contributed by atoms with E-state index in [9.17, 15) is 5.11 Å². The van der Waals surface area contributed by atoms with E-state index in [0.29, 0.717) is 18.4 Å². The first-order valence-electron chi connectivity index (χ1n) is 10.4. The van der Waals surface area contributed by atoms with Crippen LogP contribution in [-0.4, -0.2) is 30.1 Å². The van der Waals surface area contributed by atoms with E-state index in [1.54, 1.807) is 13.3 Å². The molecule has 0 amide bonds. The Balaban J connectivity index is 2.25. The van der Waals surface area contributed by atoms with E-state index in [-0.39, 0.29) is 0 Å². The molecule has 0 radical (unpaired) electrons. The third-order valence-electron chi connectivity index (χ3n) is 6.36. The number of benzene rings is 1. The Morgan fingerprint density at radius 1 is 0.833 bits per heavy atom. The van der Waals surface area contributed by atoms with Gasteiger partial charge >= 0.3 is 154 Å². The molecule has 1 aromatic rings. The Morgan fingerprint density at radius 2 is 1.33 bits per heavy atom. The zero-order valence-electron chi connectivity index (χ0n) is 16.1. The van der Waals surface area contributed by atoms with Crippen LogP contribution in [0.3, 0.4) is 0 Å². The van der Waals surface area contributed by atoms with Crippen LogP contribution in [0.2, 0.25) is 17.2 Å². The second-order valence-corrected chi connectivity index (χ2v) is 21.9. The summed E-state index contributed by atoms with van der Waals surface area (Å²) < 4.78 is 5.59. The first-order valence-corrected chi connectivity index (χ1v) is 18.1. The van der Waals surface area contributed by atoms with Crippen molar-refractivity contribution in [3.8, 4) is 0 Å². The molecule has 24 heavy (non-hydrogen) atoms. The molecule has 0 heterocycles. The quantitative estimate of drug-likeness (QED) is 0.365. The Hall–Kier alpha value is -0.0213. The normalized spacial score (nSPS) is 23.4. The molecule has 136 valence electrons. The fraction of sp³-hybridized carbons (Fsp3) is 0.727. The third-order valence-corrected chi connectivity index (χ3v) is 24.2. The first kappa shape index (κ1) is 20.3. The topological polar surface area (TPSA) is 20.2 Å². The molecule has 0 bridgehead atoms. The number of hydrogen-bond donors (Lipinski definition) is 1. The number of unbranched alkanes of at least 4 members (excludes halogenated alkanes) is 3. The zero-order chi connectivity index (χ0) is 17.4. The minimum absolute atomic E-state index is 0.410. The van der Waals surface area contributed by atoms with Crippen molar-refractivity contribution >= 4 is 18.4 Å². The maximum atomic E-state index is 10.1. The average Bonchev–Trinajstić information content (AvgIpc) is 3.37. The van der Waals surface area contributed by atoms with Crippen molar-refractivity contribution in [1.29, 1.82) is 0 Å².